The summed E-state index contributed by atoms with van der Waals surface area (Å²) < 4.78 is 5.37. The summed E-state index contributed by atoms with van der Waals surface area (Å²) in [5, 5.41) is 9.44. The molecular weight excluding hydrogens is 392 g/mol. The van der Waals surface area contributed by atoms with Crippen molar-refractivity contribution in [3.63, 3.8) is 0 Å². The van der Waals surface area contributed by atoms with Gasteiger partial charge in [0.25, 0.3) is 5.91 Å². The van der Waals surface area contributed by atoms with E-state index in [4.69, 9.17) is 9.73 Å². The second kappa shape index (κ2) is 9.33. The predicted molar refractivity (Wildman–Crippen MR) is 119 cm³/mol. The number of fused-ring (bicyclic) bond motifs is 1. The van der Waals surface area contributed by atoms with E-state index < -0.39 is 5.97 Å². The van der Waals surface area contributed by atoms with Gasteiger partial charge in [-0.1, -0.05) is 36.4 Å². The van der Waals surface area contributed by atoms with Crippen LogP contribution in [0.15, 0.2) is 53.5 Å². The first-order valence-electron chi connectivity index (χ1n) is 10.8. The number of likely N-dealkylation sites (tertiary alicyclic amines) is 1. The van der Waals surface area contributed by atoms with Crippen LogP contribution in [0.1, 0.15) is 40.7 Å². The fourth-order valence-corrected chi connectivity index (χ4v) is 4.82. The molecule has 2 aromatic carbocycles. The normalized spacial score (nSPS) is 20.5. The van der Waals surface area contributed by atoms with Crippen LogP contribution in [0.5, 0.6) is 5.75 Å². The minimum atomic E-state index is -0.787. The molecule has 6 nitrogen and oxygen atoms in total. The van der Waals surface area contributed by atoms with Crippen LogP contribution in [-0.2, 0) is 11.2 Å². The minimum Gasteiger partial charge on any atom is -0.496 e. The summed E-state index contributed by atoms with van der Waals surface area (Å²) in [5.41, 5.74) is 4.03. The van der Waals surface area contributed by atoms with E-state index in [1.165, 1.54) is 5.56 Å². The Morgan fingerprint density at radius 1 is 1.13 bits per heavy atom. The molecule has 4 rings (SSSR count). The van der Waals surface area contributed by atoms with Crippen LogP contribution in [0.25, 0.3) is 0 Å². The van der Waals surface area contributed by atoms with Gasteiger partial charge in [-0.3, -0.25) is 14.6 Å². The highest BCUT2D eigenvalue weighted by Gasteiger charge is 2.35. The van der Waals surface area contributed by atoms with Gasteiger partial charge in [-0.05, 0) is 54.4 Å². The van der Waals surface area contributed by atoms with Crippen LogP contribution in [-0.4, -0.2) is 54.3 Å². The number of hydrogen-bond donors (Lipinski definition) is 1. The first-order valence-corrected chi connectivity index (χ1v) is 10.8. The average Bonchev–Trinajstić information content (AvgIpc) is 2.79. The van der Waals surface area contributed by atoms with Crippen LogP contribution < -0.4 is 4.74 Å². The number of carbonyl (C=O) groups excluding carboxylic acids is 1. The quantitative estimate of drug-likeness (QED) is 0.773. The maximum absolute atomic E-state index is 13.2. The van der Waals surface area contributed by atoms with Crippen molar-refractivity contribution in [2.24, 2.45) is 16.8 Å². The highest BCUT2D eigenvalue weighted by atomic mass is 16.5. The molecule has 31 heavy (non-hydrogen) atoms. The molecule has 0 aliphatic carbocycles. The van der Waals surface area contributed by atoms with Crippen LogP contribution >= 0.6 is 0 Å². The number of carbonyl (C=O) groups is 2. The molecule has 2 heterocycles. The van der Waals surface area contributed by atoms with Crippen molar-refractivity contribution < 1.29 is 19.4 Å². The van der Waals surface area contributed by atoms with E-state index in [9.17, 15) is 14.7 Å². The molecule has 162 valence electrons. The van der Waals surface area contributed by atoms with E-state index in [0.29, 0.717) is 37.2 Å². The van der Waals surface area contributed by atoms with Gasteiger partial charge in [0.2, 0.25) is 0 Å². The van der Waals surface area contributed by atoms with Crippen LogP contribution in [0.2, 0.25) is 0 Å². The summed E-state index contributed by atoms with van der Waals surface area (Å²) in [7, 11) is 1.56. The van der Waals surface area contributed by atoms with E-state index >= 15 is 0 Å². The zero-order valence-corrected chi connectivity index (χ0v) is 17.8. The first-order chi connectivity index (χ1) is 15.1. The Hall–Kier alpha value is -3.15. The third-order valence-electron chi connectivity index (χ3n) is 6.42. The summed E-state index contributed by atoms with van der Waals surface area (Å²) in [5.74, 6) is -0.223. The number of ether oxygens (including phenoxy) is 1. The molecule has 2 atom stereocenters. The van der Waals surface area contributed by atoms with Gasteiger partial charge in [-0.15, -0.1) is 0 Å². The summed E-state index contributed by atoms with van der Waals surface area (Å²) in [6.45, 7) is 1.83. The monoisotopic (exact) mass is 420 g/mol. The van der Waals surface area contributed by atoms with Gasteiger partial charge in [0.15, 0.2) is 0 Å². The molecule has 0 saturated carbocycles. The molecule has 1 N–H and O–H groups in total. The molecule has 0 unspecified atom stereocenters. The molecule has 0 spiro atoms. The third-order valence-corrected chi connectivity index (χ3v) is 6.42. The Balaban J connectivity index is 1.56. The lowest BCUT2D eigenvalue weighted by molar-refractivity contribution is -0.138. The molecule has 0 radical (unpaired) electrons. The number of amides is 1. The lowest BCUT2D eigenvalue weighted by Gasteiger charge is -2.39. The van der Waals surface area contributed by atoms with E-state index in [1.807, 2.05) is 29.2 Å². The Kier molecular flexibility index (Phi) is 6.35. The van der Waals surface area contributed by atoms with Crippen molar-refractivity contribution in [2.45, 2.75) is 25.7 Å². The largest absolute Gasteiger partial charge is 0.496 e. The maximum Gasteiger partial charge on any atom is 0.303 e. The molecule has 1 amide bonds. The van der Waals surface area contributed by atoms with E-state index in [2.05, 4.69) is 12.1 Å². The second-order valence-electron chi connectivity index (χ2n) is 8.30. The van der Waals surface area contributed by atoms with Gasteiger partial charge < -0.3 is 14.7 Å². The highest BCUT2D eigenvalue weighted by Crippen LogP contribution is 2.33. The summed E-state index contributed by atoms with van der Waals surface area (Å²) in [6, 6.07) is 15.5. The van der Waals surface area contributed by atoms with Crippen molar-refractivity contribution in [3.8, 4) is 5.75 Å². The van der Waals surface area contributed by atoms with Crippen molar-refractivity contribution in [1.82, 2.24) is 4.90 Å². The van der Waals surface area contributed by atoms with Crippen LogP contribution in [0, 0.1) is 11.8 Å². The second-order valence-corrected chi connectivity index (χ2v) is 8.30. The number of piperidine rings is 1. The van der Waals surface area contributed by atoms with Crippen LogP contribution in [0.4, 0.5) is 0 Å². The Morgan fingerprint density at radius 3 is 2.71 bits per heavy atom. The van der Waals surface area contributed by atoms with E-state index in [1.54, 1.807) is 19.2 Å². The zero-order valence-electron chi connectivity index (χ0n) is 17.8. The number of methoxy groups -OCH3 is 1. The first kappa shape index (κ1) is 21.1. The standard InChI is InChI=1S/C25H28N2O4/c1-31-23-9-5-4-8-21(23)25(30)27-13-11-18(15-24(28)29)19(16-27)14-22-20-7-3-2-6-17(20)10-12-26-22/h2-9,18-19H,10-16H2,1H3,(H,28,29)/t18-,19-/m0/s1. The van der Waals surface area contributed by atoms with Gasteiger partial charge >= 0.3 is 5.97 Å². The molecule has 0 aromatic heterocycles. The van der Waals surface area contributed by atoms with E-state index in [0.717, 1.165) is 24.2 Å². The number of carboxylic acids is 1. The number of rotatable bonds is 6. The number of carboxylic acid groups (broad SMARTS) is 1. The van der Waals surface area contributed by atoms with Gasteiger partial charge in [-0.2, -0.15) is 0 Å². The zero-order chi connectivity index (χ0) is 21.8. The molecule has 1 fully saturated rings. The smallest absolute Gasteiger partial charge is 0.303 e. The van der Waals surface area contributed by atoms with Crippen molar-refractivity contribution in [1.29, 1.82) is 0 Å². The fraction of sp³-hybridized carbons (Fsp3) is 0.400. The lowest BCUT2D eigenvalue weighted by Crippen LogP contribution is -2.45. The third kappa shape index (κ3) is 4.63. The number of hydrogen-bond acceptors (Lipinski definition) is 4. The molecular formula is C25H28N2O4. The molecule has 2 aliphatic rings. The Morgan fingerprint density at radius 2 is 1.90 bits per heavy atom. The summed E-state index contributed by atoms with van der Waals surface area (Å²) in [4.78, 5) is 31.4. The molecule has 2 aromatic rings. The molecule has 6 heteroatoms. The fourth-order valence-electron chi connectivity index (χ4n) is 4.82. The van der Waals surface area contributed by atoms with Gasteiger partial charge in [-0.25, -0.2) is 0 Å². The van der Waals surface area contributed by atoms with Gasteiger partial charge in [0.05, 0.1) is 12.7 Å². The SMILES string of the molecule is COc1ccccc1C(=O)N1CC[C@@H](CC(=O)O)[C@@H](CC2=NCCc3ccccc32)C1. The van der Waals surface area contributed by atoms with Crippen molar-refractivity contribution in [3.05, 3.63) is 65.2 Å². The number of aliphatic imine (C=N–C) groups is 1. The number of para-hydroxylation sites is 1. The van der Waals surface area contributed by atoms with Crippen molar-refractivity contribution in [2.75, 3.05) is 26.7 Å². The molecule has 1 saturated heterocycles. The van der Waals surface area contributed by atoms with Gasteiger partial charge in [0, 0.05) is 31.8 Å². The Bertz CT molecular complexity index is 1000. The van der Waals surface area contributed by atoms with Crippen LogP contribution in [0.3, 0.4) is 0 Å². The summed E-state index contributed by atoms with van der Waals surface area (Å²) in [6.07, 6.45) is 2.41. The van der Waals surface area contributed by atoms with Crippen molar-refractivity contribution >= 4 is 17.6 Å². The maximum atomic E-state index is 13.2. The number of benzene rings is 2. The lowest BCUT2D eigenvalue weighted by atomic mass is 9.78. The Labute approximate surface area is 182 Å². The van der Waals surface area contributed by atoms with E-state index in [-0.39, 0.29) is 24.2 Å². The highest BCUT2D eigenvalue weighted by molar-refractivity contribution is 6.03. The molecule has 2 aliphatic heterocycles. The minimum absolute atomic E-state index is 0.0241. The number of nitrogens with zero attached hydrogens (tertiary/aromatic N) is 2. The van der Waals surface area contributed by atoms with Gasteiger partial charge in [0.1, 0.15) is 5.75 Å². The topological polar surface area (TPSA) is 79.2 Å². The molecule has 0 bridgehead atoms. The average molecular weight is 421 g/mol. The summed E-state index contributed by atoms with van der Waals surface area (Å²) >= 11 is 0. The predicted octanol–water partition coefficient (Wildman–Crippen LogP) is 3.68. The number of aliphatic carboxylic acids is 1.